The maximum Gasteiger partial charge on any atom is 0.115 e. The van der Waals surface area contributed by atoms with Gasteiger partial charge in [-0.25, -0.2) is 9.97 Å². The SMILES string of the molecule is NNC(CCc1cccnc1)c1cncnc1. The normalized spacial score (nSPS) is 12.3. The van der Waals surface area contributed by atoms with E-state index in [1.807, 2.05) is 12.3 Å². The minimum absolute atomic E-state index is 0.0661. The van der Waals surface area contributed by atoms with Crippen LogP contribution in [0.3, 0.4) is 0 Å². The van der Waals surface area contributed by atoms with E-state index < -0.39 is 0 Å². The van der Waals surface area contributed by atoms with Crippen LogP contribution in [0.2, 0.25) is 0 Å². The molecule has 5 heteroatoms. The van der Waals surface area contributed by atoms with Crippen molar-refractivity contribution in [2.45, 2.75) is 18.9 Å². The Kier molecular flexibility index (Phi) is 4.12. The van der Waals surface area contributed by atoms with Crippen molar-refractivity contribution in [1.82, 2.24) is 20.4 Å². The van der Waals surface area contributed by atoms with Crippen LogP contribution in [0, 0.1) is 0 Å². The Morgan fingerprint density at radius 3 is 2.65 bits per heavy atom. The molecule has 88 valence electrons. The highest BCUT2D eigenvalue weighted by atomic mass is 15.2. The Bertz CT molecular complexity index is 431. The molecule has 0 aliphatic rings. The lowest BCUT2D eigenvalue weighted by molar-refractivity contribution is 0.513. The third-order valence-corrected chi connectivity index (χ3v) is 2.63. The molecule has 0 aliphatic heterocycles. The van der Waals surface area contributed by atoms with E-state index in [1.54, 1.807) is 18.6 Å². The van der Waals surface area contributed by atoms with Gasteiger partial charge in [0.2, 0.25) is 0 Å². The smallest absolute Gasteiger partial charge is 0.115 e. The average molecular weight is 229 g/mol. The van der Waals surface area contributed by atoms with Gasteiger partial charge in [0, 0.05) is 36.4 Å². The molecule has 5 nitrogen and oxygen atoms in total. The lowest BCUT2D eigenvalue weighted by Gasteiger charge is -2.15. The molecule has 0 bridgehead atoms. The van der Waals surface area contributed by atoms with Crippen molar-refractivity contribution in [2.75, 3.05) is 0 Å². The van der Waals surface area contributed by atoms with Gasteiger partial charge in [0.15, 0.2) is 0 Å². The molecule has 0 spiro atoms. The monoisotopic (exact) mass is 229 g/mol. The molecule has 2 rings (SSSR count). The first kappa shape index (κ1) is 11.6. The van der Waals surface area contributed by atoms with Crippen LogP contribution in [0.25, 0.3) is 0 Å². The Labute approximate surface area is 100 Å². The largest absolute Gasteiger partial charge is 0.271 e. The molecule has 1 atom stereocenters. The molecule has 0 aromatic carbocycles. The van der Waals surface area contributed by atoms with E-state index in [-0.39, 0.29) is 6.04 Å². The molecule has 2 heterocycles. The molecule has 2 aromatic rings. The van der Waals surface area contributed by atoms with Crippen LogP contribution in [-0.4, -0.2) is 15.0 Å². The van der Waals surface area contributed by atoms with Crippen LogP contribution >= 0.6 is 0 Å². The minimum atomic E-state index is 0.0661. The van der Waals surface area contributed by atoms with E-state index in [9.17, 15) is 0 Å². The molecular formula is C12H15N5. The molecule has 0 saturated heterocycles. The fraction of sp³-hybridized carbons (Fsp3) is 0.250. The van der Waals surface area contributed by atoms with E-state index in [0.717, 1.165) is 18.4 Å². The molecule has 3 N–H and O–H groups in total. The zero-order valence-electron chi connectivity index (χ0n) is 9.45. The third-order valence-electron chi connectivity index (χ3n) is 2.63. The molecule has 0 aliphatic carbocycles. The highest BCUT2D eigenvalue weighted by molar-refractivity contribution is 5.12. The summed E-state index contributed by atoms with van der Waals surface area (Å²) >= 11 is 0. The number of hydrogen-bond acceptors (Lipinski definition) is 5. The number of rotatable bonds is 5. The van der Waals surface area contributed by atoms with Gasteiger partial charge in [0.05, 0.1) is 0 Å². The van der Waals surface area contributed by atoms with Crippen molar-refractivity contribution in [3.05, 3.63) is 54.4 Å². The van der Waals surface area contributed by atoms with Crippen molar-refractivity contribution in [1.29, 1.82) is 0 Å². The van der Waals surface area contributed by atoms with E-state index in [0.29, 0.717) is 0 Å². The van der Waals surface area contributed by atoms with Gasteiger partial charge >= 0.3 is 0 Å². The van der Waals surface area contributed by atoms with Gasteiger partial charge in [-0.2, -0.15) is 0 Å². The molecule has 17 heavy (non-hydrogen) atoms. The van der Waals surface area contributed by atoms with Crippen LogP contribution in [0.4, 0.5) is 0 Å². The van der Waals surface area contributed by atoms with Gasteiger partial charge in [0.1, 0.15) is 6.33 Å². The number of nitrogens with zero attached hydrogens (tertiary/aromatic N) is 3. The summed E-state index contributed by atoms with van der Waals surface area (Å²) in [6.07, 6.45) is 10.5. The summed E-state index contributed by atoms with van der Waals surface area (Å²) in [5, 5.41) is 0. The maximum atomic E-state index is 5.55. The minimum Gasteiger partial charge on any atom is -0.271 e. The summed E-state index contributed by atoms with van der Waals surface area (Å²) in [4.78, 5) is 12.1. The summed E-state index contributed by atoms with van der Waals surface area (Å²) in [6, 6.07) is 4.06. The van der Waals surface area contributed by atoms with Crippen LogP contribution in [0.15, 0.2) is 43.2 Å². The van der Waals surface area contributed by atoms with Crippen LogP contribution in [0.1, 0.15) is 23.6 Å². The molecule has 1 unspecified atom stereocenters. The first-order valence-electron chi connectivity index (χ1n) is 5.50. The summed E-state index contributed by atoms with van der Waals surface area (Å²) in [5.74, 6) is 5.55. The van der Waals surface area contributed by atoms with Crippen molar-refractivity contribution in [3.8, 4) is 0 Å². The zero-order chi connectivity index (χ0) is 11.9. The van der Waals surface area contributed by atoms with Crippen molar-refractivity contribution in [2.24, 2.45) is 5.84 Å². The van der Waals surface area contributed by atoms with E-state index in [4.69, 9.17) is 5.84 Å². The number of aromatic nitrogens is 3. The first-order valence-corrected chi connectivity index (χ1v) is 5.50. The fourth-order valence-corrected chi connectivity index (χ4v) is 1.69. The Hall–Kier alpha value is -1.85. The predicted octanol–water partition coefficient (Wildman–Crippen LogP) is 1.01. The highest BCUT2D eigenvalue weighted by Crippen LogP contribution is 2.16. The third kappa shape index (κ3) is 3.30. The van der Waals surface area contributed by atoms with Crippen LogP contribution in [-0.2, 0) is 6.42 Å². The quantitative estimate of drug-likeness (QED) is 0.591. The summed E-state index contributed by atoms with van der Waals surface area (Å²) in [7, 11) is 0. The van der Waals surface area contributed by atoms with Crippen molar-refractivity contribution >= 4 is 0 Å². The second-order valence-corrected chi connectivity index (χ2v) is 3.79. The molecule has 0 fully saturated rings. The molecule has 0 amide bonds. The number of nitrogens with one attached hydrogen (secondary N) is 1. The molecule has 0 saturated carbocycles. The summed E-state index contributed by atoms with van der Waals surface area (Å²) in [6.45, 7) is 0. The maximum absolute atomic E-state index is 5.55. The van der Waals surface area contributed by atoms with Crippen molar-refractivity contribution in [3.63, 3.8) is 0 Å². The fourth-order valence-electron chi connectivity index (χ4n) is 1.69. The van der Waals surface area contributed by atoms with Crippen molar-refractivity contribution < 1.29 is 0 Å². The van der Waals surface area contributed by atoms with Crippen LogP contribution < -0.4 is 11.3 Å². The predicted molar refractivity (Wildman–Crippen MR) is 64.7 cm³/mol. The highest BCUT2D eigenvalue weighted by Gasteiger charge is 2.09. The number of hydrazine groups is 1. The number of pyridine rings is 1. The Morgan fingerprint density at radius 2 is 2.00 bits per heavy atom. The van der Waals surface area contributed by atoms with Crippen LogP contribution in [0.5, 0.6) is 0 Å². The topological polar surface area (TPSA) is 76.7 Å². The van der Waals surface area contributed by atoms with Gasteiger partial charge in [-0.3, -0.25) is 16.3 Å². The lowest BCUT2D eigenvalue weighted by Crippen LogP contribution is -2.28. The van der Waals surface area contributed by atoms with E-state index >= 15 is 0 Å². The summed E-state index contributed by atoms with van der Waals surface area (Å²) < 4.78 is 0. The molecule has 0 radical (unpaired) electrons. The standard InChI is InChI=1S/C12H15N5/c13-17-12(11-7-15-9-16-8-11)4-3-10-2-1-5-14-6-10/h1-2,5-9,12,17H,3-4,13H2. The van der Waals surface area contributed by atoms with Gasteiger partial charge in [-0.05, 0) is 24.5 Å². The second kappa shape index (κ2) is 6.03. The zero-order valence-corrected chi connectivity index (χ0v) is 9.45. The first-order chi connectivity index (χ1) is 8.40. The van der Waals surface area contributed by atoms with E-state index in [1.165, 1.54) is 11.9 Å². The average Bonchev–Trinajstić information content (AvgIpc) is 2.42. The number of hydrogen-bond donors (Lipinski definition) is 2. The Balaban J connectivity index is 1.97. The van der Waals surface area contributed by atoms with Gasteiger partial charge < -0.3 is 0 Å². The van der Waals surface area contributed by atoms with Gasteiger partial charge in [-0.15, -0.1) is 0 Å². The van der Waals surface area contributed by atoms with E-state index in [2.05, 4.69) is 26.4 Å². The van der Waals surface area contributed by atoms with Gasteiger partial charge in [-0.1, -0.05) is 6.07 Å². The number of nitrogens with two attached hydrogens (primary N) is 1. The molecule has 2 aromatic heterocycles. The number of aryl methyl sites for hydroxylation is 1. The van der Waals surface area contributed by atoms with Gasteiger partial charge in [0.25, 0.3) is 0 Å². The lowest BCUT2D eigenvalue weighted by atomic mass is 10.0. The Morgan fingerprint density at radius 1 is 1.18 bits per heavy atom. The summed E-state index contributed by atoms with van der Waals surface area (Å²) in [5.41, 5.74) is 4.99. The molecular weight excluding hydrogens is 214 g/mol. The second-order valence-electron chi connectivity index (χ2n) is 3.79.